The molecule has 23 heavy (non-hydrogen) atoms. The van der Waals surface area contributed by atoms with E-state index in [1.54, 1.807) is 17.3 Å². The van der Waals surface area contributed by atoms with Crippen LogP contribution in [0.5, 0.6) is 0 Å². The fourth-order valence-corrected chi connectivity index (χ4v) is 3.22. The van der Waals surface area contributed by atoms with Gasteiger partial charge in [-0.25, -0.2) is 0 Å². The van der Waals surface area contributed by atoms with E-state index in [2.05, 4.69) is 10.2 Å². The second kappa shape index (κ2) is 7.15. The van der Waals surface area contributed by atoms with Gasteiger partial charge in [-0.2, -0.15) is 5.10 Å². The highest BCUT2D eigenvalue weighted by molar-refractivity contribution is 6.31. The van der Waals surface area contributed by atoms with Crippen LogP contribution in [0.1, 0.15) is 30.1 Å². The number of hydrogen-bond donors (Lipinski definition) is 1. The van der Waals surface area contributed by atoms with Crippen molar-refractivity contribution < 1.29 is 9.53 Å². The van der Waals surface area contributed by atoms with E-state index in [1.807, 2.05) is 31.3 Å². The average Bonchev–Trinajstić information content (AvgIpc) is 3.10. The molecule has 0 aliphatic carbocycles. The van der Waals surface area contributed by atoms with Crippen molar-refractivity contribution in [3.63, 3.8) is 0 Å². The van der Waals surface area contributed by atoms with E-state index in [1.165, 1.54) is 0 Å². The van der Waals surface area contributed by atoms with E-state index in [0.717, 1.165) is 24.0 Å². The Hall–Kier alpha value is -1.85. The molecule has 1 saturated heterocycles. The van der Waals surface area contributed by atoms with E-state index < -0.39 is 0 Å². The Bertz CT molecular complexity index is 660. The number of halogens is 1. The number of ether oxygens (including phenoxy) is 1. The molecule has 1 aromatic carbocycles. The fourth-order valence-electron chi connectivity index (χ4n) is 3.02. The molecule has 0 radical (unpaired) electrons. The summed E-state index contributed by atoms with van der Waals surface area (Å²) in [6.45, 7) is 1.17. The standard InChI is InChI=1S/C17H20ClN3O2/c1-21(11-12-5-2-3-7-15(12)18)17(22)14-6-4-8-23-16(14)13-9-19-20-10-13/h2-3,5,7,9-10,14,16H,4,6,8,11H2,1H3,(H,19,20)/t14-,16+/m1/s1. The van der Waals surface area contributed by atoms with Gasteiger partial charge in [0.2, 0.25) is 5.91 Å². The molecular weight excluding hydrogens is 314 g/mol. The lowest BCUT2D eigenvalue weighted by Gasteiger charge is -2.33. The number of benzene rings is 1. The summed E-state index contributed by atoms with van der Waals surface area (Å²) in [6, 6.07) is 7.60. The van der Waals surface area contributed by atoms with Crippen LogP contribution in [0.3, 0.4) is 0 Å². The summed E-state index contributed by atoms with van der Waals surface area (Å²) in [5.74, 6) is -0.107. The van der Waals surface area contributed by atoms with Crippen LogP contribution in [0.25, 0.3) is 0 Å². The molecule has 0 unspecified atom stereocenters. The molecule has 1 aliphatic heterocycles. The summed E-state index contributed by atoms with van der Waals surface area (Å²) in [7, 11) is 1.81. The number of carbonyl (C=O) groups is 1. The van der Waals surface area contributed by atoms with Crippen molar-refractivity contribution in [2.45, 2.75) is 25.5 Å². The van der Waals surface area contributed by atoms with Gasteiger partial charge in [0.15, 0.2) is 0 Å². The zero-order valence-corrected chi connectivity index (χ0v) is 13.8. The van der Waals surface area contributed by atoms with Crippen LogP contribution in [-0.2, 0) is 16.1 Å². The minimum absolute atomic E-state index is 0.0795. The number of hydrogen-bond acceptors (Lipinski definition) is 3. The molecule has 6 heteroatoms. The second-order valence-electron chi connectivity index (χ2n) is 5.86. The number of aromatic nitrogens is 2. The highest BCUT2D eigenvalue weighted by atomic mass is 35.5. The van der Waals surface area contributed by atoms with Crippen molar-refractivity contribution in [1.82, 2.24) is 15.1 Å². The number of nitrogens with zero attached hydrogens (tertiary/aromatic N) is 2. The zero-order valence-electron chi connectivity index (χ0n) is 13.0. The van der Waals surface area contributed by atoms with Crippen molar-refractivity contribution in [2.24, 2.45) is 5.92 Å². The van der Waals surface area contributed by atoms with E-state index in [-0.39, 0.29) is 17.9 Å². The maximum Gasteiger partial charge on any atom is 0.228 e. The van der Waals surface area contributed by atoms with Crippen LogP contribution in [-0.4, -0.2) is 34.7 Å². The number of H-pyrrole nitrogens is 1. The maximum absolute atomic E-state index is 12.9. The molecule has 122 valence electrons. The number of carbonyl (C=O) groups excluding carboxylic acids is 1. The van der Waals surface area contributed by atoms with Gasteiger partial charge in [-0.3, -0.25) is 9.89 Å². The first-order valence-electron chi connectivity index (χ1n) is 7.75. The molecule has 0 spiro atoms. The molecular formula is C17H20ClN3O2. The lowest BCUT2D eigenvalue weighted by atomic mass is 9.89. The maximum atomic E-state index is 12.9. The molecule has 1 N–H and O–H groups in total. The topological polar surface area (TPSA) is 58.2 Å². The molecule has 1 aliphatic rings. The van der Waals surface area contributed by atoms with E-state index in [4.69, 9.17) is 16.3 Å². The second-order valence-corrected chi connectivity index (χ2v) is 6.26. The van der Waals surface area contributed by atoms with Crippen molar-refractivity contribution in [3.8, 4) is 0 Å². The molecule has 0 saturated carbocycles. The van der Waals surface area contributed by atoms with Gasteiger partial charge in [0, 0.05) is 37.0 Å². The monoisotopic (exact) mass is 333 g/mol. The number of aromatic amines is 1. The number of amides is 1. The van der Waals surface area contributed by atoms with Gasteiger partial charge in [0.25, 0.3) is 0 Å². The summed E-state index contributed by atoms with van der Waals surface area (Å²) < 4.78 is 5.85. The Labute approximate surface area is 140 Å². The molecule has 0 bridgehead atoms. The highest BCUT2D eigenvalue weighted by Crippen LogP contribution is 2.34. The third-order valence-corrected chi connectivity index (χ3v) is 4.60. The predicted molar refractivity (Wildman–Crippen MR) is 87.9 cm³/mol. The summed E-state index contributed by atoms with van der Waals surface area (Å²) in [5.41, 5.74) is 1.87. The Morgan fingerprint density at radius 1 is 1.48 bits per heavy atom. The molecule has 2 aromatic rings. The Morgan fingerprint density at radius 3 is 3.04 bits per heavy atom. The molecule has 1 aromatic heterocycles. The molecule has 1 fully saturated rings. The average molecular weight is 334 g/mol. The minimum Gasteiger partial charge on any atom is -0.373 e. The van der Waals surface area contributed by atoms with Gasteiger partial charge in [-0.1, -0.05) is 29.8 Å². The summed E-state index contributed by atoms with van der Waals surface area (Å²) in [5, 5.41) is 7.44. The quantitative estimate of drug-likeness (QED) is 0.934. The van der Waals surface area contributed by atoms with Crippen LogP contribution in [0.15, 0.2) is 36.7 Å². The Kier molecular flexibility index (Phi) is 4.98. The minimum atomic E-state index is -0.233. The van der Waals surface area contributed by atoms with Crippen molar-refractivity contribution in [3.05, 3.63) is 52.8 Å². The molecule has 3 rings (SSSR count). The first-order chi connectivity index (χ1) is 11.2. The predicted octanol–water partition coefficient (Wildman–Crippen LogP) is 3.19. The van der Waals surface area contributed by atoms with Crippen molar-refractivity contribution in [1.29, 1.82) is 0 Å². The lowest BCUT2D eigenvalue weighted by molar-refractivity contribution is -0.144. The lowest BCUT2D eigenvalue weighted by Crippen LogP contribution is -2.38. The molecule has 2 heterocycles. The van der Waals surface area contributed by atoms with Crippen LogP contribution < -0.4 is 0 Å². The van der Waals surface area contributed by atoms with Gasteiger partial charge >= 0.3 is 0 Å². The fraction of sp³-hybridized carbons (Fsp3) is 0.412. The first-order valence-corrected chi connectivity index (χ1v) is 8.13. The summed E-state index contributed by atoms with van der Waals surface area (Å²) >= 11 is 6.19. The van der Waals surface area contributed by atoms with Gasteiger partial charge in [0.05, 0.1) is 18.2 Å². The molecule has 1 amide bonds. The SMILES string of the molecule is CN(Cc1ccccc1Cl)C(=O)[C@@H]1CCCO[C@H]1c1cn[nH]c1. The Balaban J connectivity index is 1.73. The highest BCUT2D eigenvalue weighted by Gasteiger charge is 2.35. The van der Waals surface area contributed by atoms with Crippen molar-refractivity contribution in [2.75, 3.05) is 13.7 Å². The van der Waals surface area contributed by atoms with E-state index in [9.17, 15) is 4.79 Å². The third-order valence-electron chi connectivity index (χ3n) is 4.23. The third kappa shape index (κ3) is 3.57. The smallest absolute Gasteiger partial charge is 0.228 e. The summed E-state index contributed by atoms with van der Waals surface area (Å²) in [4.78, 5) is 14.6. The van der Waals surface area contributed by atoms with Crippen LogP contribution in [0.2, 0.25) is 5.02 Å². The first kappa shape index (κ1) is 16.0. The number of rotatable bonds is 4. The van der Waals surface area contributed by atoms with Crippen LogP contribution >= 0.6 is 11.6 Å². The molecule has 5 nitrogen and oxygen atoms in total. The summed E-state index contributed by atoms with van der Waals surface area (Å²) in [6.07, 6.45) is 5.00. The van der Waals surface area contributed by atoms with E-state index in [0.29, 0.717) is 18.2 Å². The van der Waals surface area contributed by atoms with Gasteiger partial charge in [-0.15, -0.1) is 0 Å². The van der Waals surface area contributed by atoms with E-state index >= 15 is 0 Å². The van der Waals surface area contributed by atoms with Crippen molar-refractivity contribution >= 4 is 17.5 Å². The molecule has 2 atom stereocenters. The van der Waals surface area contributed by atoms with Gasteiger partial charge < -0.3 is 9.64 Å². The van der Waals surface area contributed by atoms with Crippen LogP contribution in [0, 0.1) is 5.92 Å². The van der Waals surface area contributed by atoms with Gasteiger partial charge in [0.1, 0.15) is 0 Å². The Morgan fingerprint density at radius 2 is 2.30 bits per heavy atom. The normalized spacial score (nSPS) is 21.1. The largest absolute Gasteiger partial charge is 0.373 e. The zero-order chi connectivity index (χ0) is 16.2. The number of nitrogens with one attached hydrogen (secondary N) is 1. The van der Waals surface area contributed by atoms with Crippen LogP contribution in [0.4, 0.5) is 0 Å². The van der Waals surface area contributed by atoms with Gasteiger partial charge in [-0.05, 0) is 24.5 Å².